The first kappa shape index (κ1) is 10.0. The van der Waals surface area contributed by atoms with Crippen LogP contribution in [-0.2, 0) is 9.53 Å². The number of halogens is 2. The third kappa shape index (κ3) is 9.03. The van der Waals surface area contributed by atoms with E-state index in [1.807, 2.05) is 0 Å². The molecule has 0 atom stereocenters. The van der Waals surface area contributed by atoms with E-state index in [1.54, 1.807) is 0 Å². The number of ether oxygens (including phenoxy) is 1. The van der Waals surface area contributed by atoms with E-state index in [9.17, 15) is 13.6 Å². The topological polar surface area (TPSA) is 46.5 Å². The molecule has 0 unspecified atom stereocenters. The van der Waals surface area contributed by atoms with Crippen LogP contribution in [0.3, 0.4) is 0 Å². The molecule has 0 fully saturated rings. The number of aliphatic carboxylic acids is 1. The fourth-order valence-electron chi connectivity index (χ4n) is 0.374. The van der Waals surface area contributed by atoms with E-state index in [-0.39, 0.29) is 6.61 Å². The molecule has 64 valence electrons. The van der Waals surface area contributed by atoms with Crippen molar-refractivity contribution in [2.75, 3.05) is 13.2 Å². The Hall–Kier alpha value is -0.970. The van der Waals surface area contributed by atoms with Crippen LogP contribution in [0.2, 0.25) is 0 Å². The molecule has 0 saturated carbocycles. The van der Waals surface area contributed by atoms with Crippen molar-refractivity contribution in [3.8, 4) is 0 Å². The van der Waals surface area contributed by atoms with Crippen LogP contribution in [0.4, 0.5) is 8.78 Å². The van der Waals surface area contributed by atoms with E-state index in [0.29, 0.717) is 0 Å². The Balaban J connectivity index is 3.21. The summed E-state index contributed by atoms with van der Waals surface area (Å²) in [4.78, 5) is 9.81. The molecule has 3 nitrogen and oxygen atoms in total. The second kappa shape index (κ2) is 5.79. The summed E-state index contributed by atoms with van der Waals surface area (Å²) in [6.45, 7) is -0.763. The van der Waals surface area contributed by atoms with Crippen molar-refractivity contribution in [1.29, 1.82) is 0 Å². The molecule has 0 saturated heterocycles. The zero-order chi connectivity index (χ0) is 8.69. The van der Waals surface area contributed by atoms with Crippen LogP contribution >= 0.6 is 0 Å². The molecule has 0 heterocycles. The van der Waals surface area contributed by atoms with E-state index in [4.69, 9.17) is 5.11 Å². The van der Waals surface area contributed by atoms with Gasteiger partial charge in [-0.05, 0) is 0 Å². The minimum Gasteiger partial charge on any atom is -0.478 e. The summed E-state index contributed by atoms with van der Waals surface area (Å²) in [6, 6.07) is 0. The highest BCUT2D eigenvalue weighted by Gasteiger charge is 1.99. The summed E-state index contributed by atoms with van der Waals surface area (Å²) < 4.78 is 27.1. The van der Waals surface area contributed by atoms with Crippen molar-refractivity contribution in [2.24, 2.45) is 0 Å². The Bertz CT molecular complexity index is 145. The van der Waals surface area contributed by atoms with Crippen LogP contribution < -0.4 is 0 Å². The molecule has 0 spiro atoms. The Labute approximate surface area is 62.3 Å². The zero-order valence-corrected chi connectivity index (χ0v) is 5.67. The second-order valence-corrected chi connectivity index (χ2v) is 1.67. The minimum atomic E-state index is -2.51. The van der Waals surface area contributed by atoms with Crippen LogP contribution in [0.5, 0.6) is 0 Å². The molecule has 11 heavy (non-hydrogen) atoms. The smallest absolute Gasteiger partial charge is 0.328 e. The largest absolute Gasteiger partial charge is 0.478 e. The molecule has 0 aliphatic rings. The Morgan fingerprint density at radius 1 is 1.64 bits per heavy atom. The summed E-state index contributed by atoms with van der Waals surface area (Å²) in [5.41, 5.74) is 0. The molecule has 0 aromatic heterocycles. The fourth-order valence-corrected chi connectivity index (χ4v) is 0.374. The predicted octanol–water partition coefficient (Wildman–Crippen LogP) is 0.909. The molecule has 0 rings (SSSR count). The Morgan fingerprint density at radius 2 is 2.27 bits per heavy atom. The quantitative estimate of drug-likeness (QED) is 0.487. The molecule has 0 aromatic carbocycles. The van der Waals surface area contributed by atoms with E-state index >= 15 is 0 Å². The van der Waals surface area contributed by atoms with Gasteiger partial charge in [0.05, 0.1) is 6.61 Å². The van der Waals surface area contributed by atoms with Gasteiger partial charge in [-0.25, -0.2) is 13.6 Å². The number of carboxylic acid groups (broad SMARTS) is 1. The number of carboxylic acids is 1. The zero-order valence-electron chi connectivity index (χ0n) is 5.67. The molecular weight excluding hydrogens is 158 g/mol. The van der Waals surface area contributed by atoms with Gasteiger partial charge in [-0.3, -0.25) is 0 Å². The number of hydrogen-bond donors (Lipinski definition) is 1. The molecule has 0 amide bonds. The minimum absolute atomic E-state index is 0.101. The van der Waals surface area contributed by atoms with Crippen LogP contribution in [0.25, 0.3) is 0 Å². The van der Waals surface area contributed by atoms with Gasteiger partial charge in [-0.15, -0.1) is 0 Å². The number of hydrogen-bond acceptors (Lipinski definition) is 2. The first-order valence-electron chi connectivity index (χ1n) is 2.88. The van der Waals surface area contributed by atoms with Gasteiger partial charge in [-0.1, -0.05) is 6.08 Å². The van der Waals surface area contributed by atoms with Gasteiger partial charge in [0.25, 0.3) is 6.43 Å². The van der Waals surface area contributed by atoms with Crippen molar-refractivity contribution in [1.82, 2.24) is 0 Å². The Kier molecular flexibility index (Phi) is 5.28. The van der Waals surface area contributed by atoms with E-state index < -0.39 is 19.0 Å². The van der Waals surface area contributed by atoms with Crippen molar-refractivity contribution in [2.45, 2.75) is 6.43 Å². The monoisotopic (exact) mass is 166 g/mol. The summed E-state index contributed by atoms with van der Waals surface area (Å²) in [6.07, 6.45) is -0.510. The summed E-state index contributed by atoms with van der Waals surface area (Å²) in [5.74, 6) is -1.12. The molecule has 5 heteroatoms. The second-order valence-electron chi connectivity index (χ2n) is 1.67. The van der Waals surface area contributed by atoms with Crippen LogP contribution in [-0.4, -0.2) is 30.7 Å². The van der Waals surface area contributed by atoms with Gasteiger partial charge in [0.15, 0.2) is 0 Å². The van der Waals surface area contributed by atoms with Crippen LogP contribution in [0.1, 0.15) is 0 Å². The van der Waals surface area contributed by atoms with Crippen molar-refractivity contribution < 1.29 is 23.4 Å². The fraction of sp³-hybridized carbons (Fsp3) is 0.500. The average Bonchev–Trinajstić information content (AvgIpc) is 1.85. The van der Waals surface area contributed by atoms with Gasteiger partial charge in [0.1, 0.15) is 6.61 Å². The maximum atomic E-state index is 11.4. The Morgan fingerprint density at radius 3 is 2.73 bits per heavy atom. The lowest BCUT2D eigenvalue weighted by atomic mass is 10.5. The van der Waals surface area contributed by atoms with Gasteiger partial charge in [0.2, 0.25) is 0 Å². The first-order valence-corrected chi connectivity index (χ1v) is 2.88. The van der Waals surface area contributed by atoms with Crippen LogP contribution in [0.15, 0.2) is 12.2 Å². The highest BCUT2D eigenvalue weighted by atomic mass is 19.3. The van der Waals surface area contributed by atoms with Crippen molar-refractivity contribution in [3.05, 3.63) is 12.2 Å². The lowest BCUT2D eigenvalue weighted by molar-refractivity contribution is -0.131. The van der Waals surface area contributed by atoms with Gasteiger partial charge >= 0.3 is 5.97 Å². The molecule has 0 aliphatic heterocycles. The number of rotatable bonds is 5. The third-order valence-corrected chi connectivity index (χ3v) is 0.718. The van der Waals surface area contributed by atoms with E-state index in [2.05, 4.69) is 4.74 Å². The van der Waals surface area contributed by atoms with E-state index in [1.165, 1.54) is 0 Å². The van der Waals surface area contributed by atoms with E-state index in [0.717, 1.165) is 12.2 Å². The SMILES string of the molecule is O=C(O)/C=C/COCC(F)F. The van der Waals surface area contributed by atoms with Gasteiger partial charge < -0.3 is 9.84 Å². The highest BCUT2D eigenvalue weighted by Crippen LogP contribution is 1.91. The third-order valence-electron chi connectivity index (χ3n) is 0.718. The van der Waals surface area contributed by atoms with Gasteiger partial charge in [-0.2, -0.15) is 0 Å². The molecule has 0 aliphatic carbocycles. The molecule has 0 radical (unpaired) electrons. The number of alkyl halides is 2. The molecular formula is C6H8F2O3. The van der Waals surface area contributed by atoms with Crippen LogP contribution in [0, 0.1) is 0 Å². The predicted molar refractivity (Wildman–Crippen MR) is 33.6 cm³/mol. The summed E-state index contributed by atoms with van der Waals surface area (Å²) in [5, 5.41) is 8.03. The van der Waals surface area contributed by atoms with Crippen molar-refractivity contribution >= 4 is 5.97 Å². The lowest BCUT2D eigenvalue weighted by Crippen LogP contribution is -2.04. The summed E-state index contributed by atoms with van der Waals surface area (Å²) >= 11 is 0. The number of carbonyl (C=O) groups is 1. The molecule has 1 N–H and O–H groups in total. The first-order chi connectivity index (χ1) is 5.13. The van der Waals surface area contributed by atoms with Crippen molar-refractivity contribution in [3.63, 3.8) is 0 Å². The van der Waals surface area contributed by atoms with Gasteiger partial charge in [0, 0.05) is 6.08 Å². The normalized spacial score (nSPS) is 11.2. The molecule has 0 bridgehead atoms. The highest BCUT2D eigenvalue weighted by molar-refractivity contribution is 5.79. The standard InChI is InChI=1S/C6H8F2O3/c7-5(8)4-11-3-1-2-6(9)10/h1-2,5H,3-4H2,(H,9,10)/b2-1+. The maximum absolute atomic E-state index is 11.4. The lowest BCUT2D eigenvalue weighted by Gasteiger charge is -1.97. The summed E-state index contributed by atoms with van der Waals surface area (Å²) in [7, 11) is 0. The average molecular weight is 166 g/mol. The maximum Gasteiger partial charge on any atom is 0.328 e. The molecule has 0 aromatic rings.